The van der Waals surface area contributed by atoms with Gasteiger partial charge in [-0.3, -0.25) is 4.79 Å². The zero-order chi connectivity index (χ0) is 19.3. The molecule has 6 heteroatoms. The summed E-state index contributed by atoms with van der Waals surface area (Å²) in [6.45, 7) is 6.15. The summed E-state index contributed by atoms with van der Waals surface area (Å²) in [5, 5.41) is 6.42. The van der Waals surface area contributed by atoms with Crippen molar-refractivity contribution < 1.29 is 9.53 Å². The molecule has 1 aromatic carbocycles. The fourth-order valence-electron chi connectivity index (χ4n) is 3.35. The molecule has 0 unspecified atom stereocenters. The molecule has 1 amide bonds. The van der Waals surface area contributed by atoms with Gasteiger partial charge >= 0.3 is 0 Å². The molecule has 6 nitrogen and oxygen atoms in total. The summed E-state index contributed by atoms with van der Waals surface area (Å²) >= 11 is 0. The van der Waals surface area contributed by atoms with Crippen LogP contribution in [-0.4, -0.2) is 63.2 Å². The van der Waals surface area contributed by atoms with Crippen molar-refractivity contribution in [1.29, 1.82) is 0 Å². The van der Waals surface area contributed by atoms with Crippen LogP contribution in [0.1, 0.15) is 31.7 Å². The number of carbonyl (C=O) groups is 1. The molecule has 2 rings (SSSR count). The normalized spacial score (nSPS) is 15.6. The lowest BCUT2D eigenvalue weighted by atomic mass is 9.90. The maximum Gasteiger partial charge on any atom is 0.244 e. The smallest absolute Gasteiger partial charge is 0.244 e. The Hall–Kier alpha value is -2.08. The van der Waals surface area contributed by atoms with E-state index in [1.807, 2.05) is 11.8 Å². The van der Waals surface area contributed by atoms with Crippen LogP contribution < -0.4 is 10.6 Å². The van der Waals surface area contributed by atoms with E-state index >= 15 is 0 Å². The third-order valence-corrected chi connectivity index (χ3v) is 4.87. The highest BCUT2D eigenvalue weighted by Gasteiger charge is 2.22. The van der Waals surface area contributed by atoms with Gasteiger partial charge in [0.15, 0.2) is 5.96 Å². The fourth-order valence-corrected chi connectivity index (χ4v) is 3.35. The minimum Gasteiger partial charge on any atom is -0.385 e. The summed E-state index contributed by atoms with van der Waals surface area (Å²) in [6.07, 6.45) is 4.15. The van der Waals surface area contributed by atoms with Crippen molar-refractivity contribution in [2.24, 2.45) is 10.9 Å². The number of carbonyl (C=O) groups excluding carboxylic acids is 1. The van der Waals surface area contributed by atoms with Crippen molar-refractivity contribution in [3.05, 3.63) is 35.9 Å². The number of amides is 1. The second-order valence-electron chi connectivity index (χ2n) is 6.98. The number of methoxy groups -OCH3 is 1. The number of likely N-dealkylation sites (tertiary alicyclic amines) is 1. The molecular formula is C21H34N4O2. The number of aliphatic imine (C=N–C) groups is 1. The zero-order valence-corrected chi connectivity index (χ0v) is 16.7. The standard InChI is InChI=1S/C21H34N4O2/c1-3-22-21(23-12-7-15-27-2)24-17-20(26)25-13-10-19(11-14-25)16-18-8-5-4-6-9-18/h4-6,8-9,19H,3,7,10-17H2,1-2H3,(H2,22,23,24). The molecule has 0 saturated carbocycles. The van der Waals surface area contributed by atoms with Crippen molar-refractivity contribution in [2.45, 2.75) is 32.6 Å². The van der Waals surface area contributed by atoms with Crippen molar-refractivity contribution in [3.63, 3.8) is 0 Å². The van der Waals surface area contributed by atoms with Gasteiger partial charge in [0.05, 0.1) is 0 Å². The Morgan fingerprint density at radius 2 is 1.96 bits per heavy atom. The van der Waals surface area contributed by atoms with Crippen LogP contribution in [0.4, 0.5) is 0 Å². The summed E-state index contributed by atoms with van der Waals surface area (Å²) in [6, 6.07) is 10.6. The van der Waals surface area contributed by atoms with Crippen LogP contribution in [0.15, 0.2) is 35.3 Å². The van der Waals surface area contributed by atoms with Crippen molar-refractivity contribution in [3.8, 4) is 0 Å². The summed E-state index contributed by atoms with van der Waals surface area (Å²) in [4.78, 5) is 18.9. The first-order valence-corrected chi connectivity index (χ1v) is 10.1. The van der Waals surface area contributed by atoms with Crippen LogP contribution in [-0.2, 0) is 16.0 Å². The van der Waals surface area contributed by atoms with E-state index < -0.39 is 0 Å². The lowest BCUT2D eigenvalue weighted by Gasteiger charge is -2.32. The number of guanidine groups is 1. The lowest BCUT2D eigenvalue weighted by molar-refractivity contribution is -0.130. The Morgan fingerprint density at radius 3 is 2.63 bits per heavy atom. The number of piperidine rings is 1. The van der Waals surface area contributed by atoms with Gasteiger partial charge in [-0.25, -0.2) is 4.99 Å². The van der Waals surface area contributed by atoms with Gasteiger partial charge in [-0.05, 0) is 44.1 Å². The first kappa shape index (κ1) is 21.2. The van der Waals surface area contributed by atoms with Crippen LogP contribution in [0.5, 0.6) is 0 Å². The van der Waals surface area contributed by atoms with E-state index in [-0.39, 0.29) is 12.5 Å². The largest absolute Gasteiger partial charge is 0.385 e. The molecule has 1 heterocycles. The van der Waals surface area contributed by atoms with E-state index in [9.17, 15) is 4.79 Å². The van der Waals surface area contributed by atoms with Gasteiger partial charge in [-0.2, -0.15) is 0 Å². The topological polar surface area (TPSA) is 66.0 Å². The van der Waals surface area contributed by atoms with Crippen LogP contribution in [0.25, 0.3) is 0 Å². The number of hydrogen-bond acceptors (Lipinski definition) is 3. The molecular weight excluding hydrogens is 340 g/mol. The number of nitrogens with one attached hydrogen (secondary N) is 2. The van der Waals surface area contributed by atoms with E-state index in [1.165, 1.54) is 5.56 Å². The highest BCUT2D eigenvalue weighted by molar-refractivity contribution is 5.85. The maximum absolute atomic E-state index is 12.5. The minimum absolute atomic E-state index is 0.113. The number of ether oxygens (including phenoxy) is 1. The Kier molecular flexibility index (Phi) is 9.69. The Labute approximate surface area is 163 Å². The third-order valence-electron chi connectivity index (χ3n) is 4.87. The highest BCUT2D eigenvalue weighted by Crippen LogP contribution is 2.21. The first-order chi connectivity index (χ1) is 13.2. The molecule has 0 spiro atoms. The highest BCUT2D eigenvalue weighted by atomic mass is 16.5. The number of nitrogens with zero attached hydrogens (tertiary/aromatic N) is 2. The van der Waals surface area contributed by atoms with Gasteiger partial charge in [-0.1, -0.05) is 30.3 Å². The molecule has 1 aliphatic rings. The summed E-state index contributed by atoms with van der Waals surface area (Å²) < 4.78 is 5.05. The Balaban J connectivity index is 1.73. The molecule has 150 valence electrons. The van der Waals surface area contributed by atoms with Crippen molar-refractivity contribution in [2.75, 3.05) is 46.4 Å². The second kappa shape index (κ2) is 12.3. The van der Waals surface area contributed by atoms with E-state index in [2.05, 4.69) is 46.0 Å². The van der Waals surface area contributed by atoms with Crippen molar-refractivity contribution >= 4 is 11.9 Å². The third kappa shape index (κ3) is 7.99. The van der Waals surface area contributed by atoms with Crippen molar-refractivity contribution in [1.82, 2.24) is 15.5 Å². The van der Waals surface area contributed by atoms with Gasteiger partial charge in [-0.15, -0.1) is 0 Å². The maximum atomic E-state index is 12.5. The average Bonchev–Trinajstić information content (AvgIpc) is 2.70. The summed E-state index contributed by atoms with van der Waals surface area (Å²) in [5.41, 5.74) is 1.39. The van der Waals surface area contributed by atoms with E-state index in [0.29, 0.717) is 18.5 Å². The number of rotatable bonds is 9. The molecule has 2 N–H and O–H groups in total. The number of benzene rings is 1. The zero-order valence-electron chi connectivity index (χ0n) is 16.7. The molecule has 0 aromatic heterocycles. The second-order valence-corrected chi connectivity index (χ2v) is 6.98. The van der Waals surface area contributed by atoms with E-state index in [4.69, 9.17) is 4.74 Å². The molecule has 1 fully saturated rings. The van der Waals surface area contributed by atoms with E-state index in [0.717, 1.165) is 51.9 Å². The van der Waals surface area contributed by atoms with Crippen LogP contribution in [0.3, 0.4) is 0 Å². The first-order valence-electron chi connectivity index (χ1n) is 10.1. The molecule has 1 aromatic rings. The average molecular weight is 375 g/mol. The van der Waals surface area contributed by atoms with Crippen LogP contribution >= 0.6 is 0 Å². The molecule has 1 saturated heterocycles. The molecule has 0 aliphatic carbocycles. The molecule has 0 radical (unpaired) electrons. The molecule has 0 bridgehead atoms. The van der Waals surface area contributed by atoms with Gasteiger partial charge in [0.25, 0.3) is 0 Å². The number of hydrogen-bond donors (Lipinski definition) is 2. The van der Waals surface area contributed by atoms with Crippen LogP contribution in [0, 0.1) is 5.92 Å². The monoisotopic (exact) mass is 374 g/mol. The van der Waals surface area contributed by atoms with Gasteiger partial charge in [0, 0.05) is 39.9 Å². The predicted molar refractivity (Wildman–Crippen MR) is 110 cm³/mol. The summed E-state index contributed by atoms with van der Waals surface area (Å²) in [7, 11) is 1.70. The minimum atomic E-state index is 0.113. The molecule has 1 aliphatic heterocycles. The van der Waals surface area contributed by atoms with Crippen LogP contribution in [0.2, 0.25) is 0 Å². The fraction of sp³-hybridized carbons (Fsp3) is 0.619. The Bertz CT molecular complexity index is 569. The lowest BCUT2D eigenvalue weighted by Crippen LogP contribution is -2.42. The molecule has 27 heavy (non-hydrogen) atoms. The van der Waals surface area contributed by atoms with E-state index in [1.54, 1.807) is 7.11 Å². The molecule has 0 atom stereocenters. The summed E-state index contributed by atoms with van der Waals surface area (Å²) in [5.74, 6) is 1.47. The quantitative estimate of drug-likeness (QED) is 0.394. The predicted octanol–water partition coefficient (Wildman–Crippen LogP) is 2.06. The SMILES string of the molecule is CCNC(=NCC(=O)N1CCC(Cc2ccccc2)CC1)NCCCOC. The Morgan fingerprint density at radius 1 is 1.22 bits per heavy atom. The van der Waals surface area contributed by atoms with Gasteiger partial charge in [0.2, 0.25) is 5.91 Å². The van der Waals surface area contributed by atoms with Gasteiger partial charge < -0.3 is 20.3 Å². The van der Waals surface area contributed by atoms with Gasteiger partial charge in [0.1, 0.15) is 6.54 Å².